The molecule has 1 aromatic carbocycles. The molecule has 3 aromatic rings. The van der Waals surface area contributed by atoms with E-state index in [-0.39, 0.29) is 5.54 Å². The Bertz CT molecular complexity index is 1080. The van der Waals surface area contributed by atoms with Crippen LogP contribution < -0.4 is 9.64 Å². The van der Waals surface area contributed by atoms with Crippen molar-refractivity contribution < 1.29 is 9.47 Å². The van der Waals surface area contributed by atoms with E-state index in [0.29, 0.717) is 31.4 Å². The number of rotatable bonds is 6. The normalized spacial score (nSPS) is 15.3. The molecule has 0 fully saturated rings. The molecule has 0 amide bonds. The van der Waals surface area contributed by atoms with Crippen LogP contribution in [0.5, 0.6) is 5.75 Å². The Labute approximate surface area is 190 Å². The Morgan fingerprint density at radius 1 is 1.30 bits per heavy atom. The summed E-state index contributed by atoms with van der Waals surface area (Å²) in [4.78, 5) is 11.9. The van der Waals surface area contributed by atoms with Gasteiger partial charge in [-0.3, -0.25) is 0 Å². The van der Waals surface area contributed by atoms with Crippen LogP contribution in [0.4, 0.5) is 5.82 Å². The zero-order valence-corrected chi connectivity index (χ0v) is 20.0. The zero-order valence-electron chi connectivity index (χ0n) is 17.7. The summed E-state index contributed by atoms with van der Waals surface area (Å²) in [5.41, 5.74) is 2.52. The fraction of sp³-hybridized carbons (Fsp3) is 0.455. The molecule has 1 aliphatic heterocycles. The van der Waals surface area contributed by atoms with Gasteiger partial charge in [0.05, 0.1) is 22.7 Å². The van der Waals surface area contributed by atoms with E-state index in [4.69, 9.17) is 31.0 Å². The lowest BCUT2D eigenvalue weighted by Crippen LogP contribution is -2.51. The van der Waals surface area contributed by atoms with Gasteiger partial charge in [0.25, 0.3) is 0 Å². The third-order valence-electron chi connectivity index (χ3n) is 5.45. The van der Waals surface area contributed by atoms with Crippen molar-refractivity contribution in [2.45, 2.75) is 39.8 Å². The van der Waals surface area contributed by atoms with Crippen molar-refractivity contribution in [1.29, 1.82) is 0 Å². The van der Waals surface area contributed by atoms with Crippen LogP contribution in [0, 0.1) is 0 Å². The van der Waals surface area contributed by atoms with Gasteiger partial charge in [-0.1, -0.05) is 11.6 Å². The second kappa shape index (κ2) is 8.36. The third-order valence-corrected chi connectivity index (χ3v) is 6.72. The number of anilines is 1. The molecule has 0 saturated carbocycles. The molecular weight excluding hydrogens is 468 g/mol. The fourth-order valence-electron chi connectivity index (χ4n) is 3.95. The highest BCUT2D eigenvalue weighted by Crippen LogP contribution is 2.39. The van der Waals surface area contributed by atoms with Gasteiger partial charge < -0.3 is 18.9 Å². The zero-order chi connectivity index (χ0) is 21.5. The molecule has 8 heteroatoms. The van der Waals surface area contributed by atoms with Gasteiger partial charge in [-0.2, -0.15) is 0 Å². The summed E-state index contributed by atoms with van der Waals surface area (Å²) in [5.74, 6) is 2.45. The second-order valence-corrected chi connectivity index (χ2v) is 9.14. The quantitative estimate of drug-likeness (QED) is 0.422. The Hall–Kier alpha value is -1.83. The van der Waals surface area contributed by atoms with Gasteiger partial charge in [-0.25, -0.2) is 9.97 Å². The summed E-state index contributed by atoms with van der Waals surface area (Å²) >= 11 is 10.0. The highest BCUT2D eigenvalue weighted by atomic mass is 79.9. The summed E-state index contributed by atoms with van der Waals surface area (Å²) in [6.07, 6.45) is 1.87. The average molecular weight is 494 g/mol. The largest absolute Gasteiger partial charge is 0.487 e. The molecule has 0 saturated heterocycles. The average Bonchev–Trinajstić information content (AvgIpc) is 3.09. The molecule has 0 unspecified atom stereocenters. The van der Waals surface area contributed by atoms with E-state index in [1.165, 1.54) is 0 Å². The van der Waals surface area contributed by atoms with E-state index >= 15 is 0 Å². The number of likely N-dealkylation sites (N-methyl/N-ethyl adjacent to an activating group) is 1. The highest BCUT2D eigenvalue weighted by molar-refractivity contribution is 9.10. The van der Waals surface area contributed by atoms with Crippen molar-refractivity contribution in [3.05, 3.63) is 33.9 Å². The number of aromatic nitrogens is 3. The van der Waals surface area contributed by atoms with Crippen molar-refractivity contribution in [3.63, 3.8) is 0 Å². The molecule has 1 aliphatic rings. The summed E-state index contributed by atoms with van der Waals surface area (Å²) in [6.45, 7) is 11.9. The number of nitrogens with zero attached hydrogens (tertiary/aromatic N) is 4. The lowest BCUT2D eigenvalue weighted by atomic mass is 10.0. The molecule has 0 bridgehead atoms. The predicted octanol–water partition coefficient (Wildman–Crippen LogP) is 5.55. The summed E-state index contributed by atoms with van der Waals surface area (Å²) in [6, 6.07) is 6.00. The minimum Gasteiger partial charge on any atom is -0.487 e. The van der Waals surface area contributed by atoms with Crippen LogP contribution in [-0.2, 0) is 11.3 Å². The summed E-state index contributed by atoms with van der Waals surface area (Å²) in [7, 11) is 0. The first-order chi connectivity index (χ1) is 14.4. The number of pyridine rings is 1. The first-order valence-corrected chi connectivity index (χ1v) is 11.4. The number of halogens is 2. The molecule has 0 spiro atoms. The monoisotopic (exact) mass is 492 g/mol. The molecule has 0 aliphatic carbocycles. The van der Waals surface area contributed by atoms with Gasteiger partial charge >= 0.3 is 0 Å². The van der Waals surface area contributed by atoms with Crippen LogP contribution in [0.25, 0.3) is 22.4 Å². The molecule has 30 heavy (non-hydrogen) atoms. The van der Waals surface area contributed by atoms with Gasteiger partial charge in [0.2, 0.25) is 0 Å². The molecule has 6 nitrogen and oxygen atoms in total. The molecule has 0 radical (unpaired) electrons. The summed E-state index contributed by atoms with van der Waals surface area (Å²) < 4.78 is 14.7. The van der Waals surface area contributed by atoms with E-state index < -0.39 is 0 Å². The van der Waals surface area contributed by atoms with E-state index in [0.717, 1.165) is 45.0 Å². The Balaban J connectivity index is 1.83. The van der Waals surface area contributed by atoms with Gasteiger partial charge in [-0.05, 0) is 61.8 Å². The van der Waals surface area contributed by atoms with Crippen molar-refractivity contribution in [1.82, 2.24) is 14.5 Å². The minimum atomic E-state index is -0.0965. The van der Waals surface area contributed by atoms with E-state index in [2.05, 4.69) is 46.2 Å². The topological polar surface area (TPSA) is 52.4 Å². The van der Waals surface area contributed by atoms with E-state index in [1.54, 1.807) is 0 Å². The third kappa shape index (κ3) is 3.67. The van der Waals surface area contributed by atoms with Gasteiger partial charge in [0.1, 0.15) is 17.9 Å². The maximum absolute atomic E-state index is 6.54. The molecule has 0 N–H and O–H groups in total. The lowest BCUT2D eigenvalue weighted by molar-refractivity contribution is 0.140. The first-order valence-electron chi connectivity index (χ1n) is 10.2. The maximum Gasteiger partial charge on any atom is 0.171 e. The highest BCUT2D eigenvalue weighted by Gasteiger charge is 2.34. The Morgan fingerprint density at radius 2 is 2.10 bits per heavy atom. The minimum absolute atomic E-state index is 0.0965. The van der Waals surface area contributed by atoms with Crippen LogP contribution in [-0.4, -0.2) is 46.4 Å². The number of imidazole rings is 1. The predicted molar refractivity (Wildman–Crippen MR) is 125 cm³/mol. The second-order valence-electron chi connectivity index (χ2n) is 7.90. The number of benzene rings is 1. The van der Waals surface area contributed by atoms with Crippen molar-refractivity contribution in [2.24, 2.45) is 0 Å². The van der Waals surface area contributed by atoms with Crippen molar-refractivity contribution in [3.8, 4) is 17.1 Å². The van der Waals surface area contributed by atoms with Gasteiger partial charge in [0, 0.05) is 35.9 Å². The maximum atomic E-state index is 6.54. The summed E-state index contributed by atoms with van der Waals surface area (Å²) in [5, 5.41) is 0.602. The number of ether oxygens (including phenoxy) is 2. The standard InChI is InChI=1S/C22H26BrClN4O2/c1-5-28-21-17(30-13-22(28,3)4)11-14(12-25-21)20-26-19-16(8-7-15(23)18(19)24)27(20)9-10-29-6-2/h7-8,11-12H,5-6,9-10,13H2,1-4H3. The van der Waals surface area contributed by atoms with Crippen molar-refractivity contribution in [2.75, 3.05) is 31.3 Å². The molecule has 2 aromatic heterocycles. The molecule has 0 atom stereocenters. The molecule has 3 heterocycles. The Morgan fingerprint density at radius 3 is 2.83 bits per heavy atom. The SMILES string of the molecule is CCOCCn1c(-c2cnc3c(c2)OCC(C)(C)N3CC)nc2c(Cl)c(Br)ccc21. The lowest BCUT2D eigenvalue weighted by Gasteiger charge is -2.43. The van der Waals surface area contributed by atoms with Crippen LogP contribution in [0.15, 0.2) is 28.9 Å². The molecular formula is C22H26BrClN4O2. The number of fused-ring (bicyclic) bond motifs is 2. The Kier molecular flexibility index (Phi) is 5.97. The fourth-order valence-corrected chi connectivity index (χ4v) is 4.47. The van der Waals surface area contributed by atoms with Crippen LogP contribution in [0.1, 0.15) is 27.7 Å². The molecule has 160 valence electrons. The number of hydrogen-bond acceptors (Lipinski definition) is 5. The van der Waals surface area contributed by atoms with Crippen LogP contribution in [0.2, 0.25) is 5.02 Å². The van der Waals surface area contributed by atoms with Crippen molar-refractivity contribution >= 4 is 44.4 Å². The molecule has 4 rings (SSSR count). The number of hydrogen-bond donors (Lipinski definition) is 0. The van der Waals surface area contributed by atoms with Gasteiger partial charge in [-0.15, -0.1) is 0 Å². The first kappa shape index (κ1) is 21.4. The van der Waals surface area contributed by atoms with Crippen LogP contribution >= 0.6 is 27.5 Å². The van der Waals surface area contributed by atoms with Gasteiger partial charge in [0.15, 0.2) is 11.6 Å². The smallest absolute Gasteiger partial charge is 0.171 e. The van der Waals surface area contributed by atoms with E-state index in [9.17, 15) is 0 Å². The van der Waals surface area contributed by atoms with E-state index in [1.807, 2.05) is 31.3 Å². The van der Waals surface area contributed by atoms with Crippen LogP contribution in [0.3, 0.4) is 0 Å².